The van der Waals surface area contributed by atoms with Crippen LogP contribution in [0.3, 0.4) is 0 Å². The number of hydrogen-bond acceptors (Lipinski definition) is 5. The minimum Gasteiger partial charge on any atom is -0.380 e. The van der Waals surface area contributed by atoms with Gasteiger partial charge in [0.15, 0.2) is 0 Å². The maximum absolute atomic E-state index is 12.4. The number of aromatic nitrogens is 3. The van der Waals surface area contributed by atoms with Crippen molar-refractivity contribution >= 4 is 10.2 Å². The van der Waals surface area contributed by atoms with Gasteiger partial charge in [0, 0.05) is 40.2 Å². The first-order valence-electron chi connectivity index (χ1n) is 7.53. The SMILES string of the molecule is CN(C)S(=O)(=O)N1Cc2nnn(C)c2[C@@H](COCC2CC2)C1. The van der Waals surface area contributed by atoms with E-state index >= 15 is 0 Å². The molecule has 8 nitrogen and oxygen atoms in total. The van der Waals surface area contributed by atoms with Crippen LogP contribution in [0.15, 0.2) is 0 Å². The first kappa shape index (κ1) is 15.9. The second-order valence-electron chi connectivity index (χ2n) is 6.31. The van der Waals surface area contributed by atoms with Crippen LogP contribution in [-0.2, 0) is 28.5 Å². The topological polar surface area (TPSA) is 80.6 Å². The van der Waals surface area contributed by atoms with Crippen molar-refractivity contribution < 1.29 is 13.2 Å². The van der Waals surface area contributed by atoms with E-state index < -0.39 is 10.2 Å². The molecule has 1 aliphatic heterocycles. The van der Waals surface area contributed by atoms with Crippen molar-refractivity contribution in [2.45, 2.75) is 25.3 Å². The summed E-state index contributed by atoms with van der Waals surface area (Å²) < 4.78 is 35.0. The predicted octanol–water partition coefficient (Wildman–Crippen LogP) is -0.0527. The van der Waals surface area contributed by atoms with Crippen LogP contribution in [0.1, 0.15) is 30.1 Å². The molecular weight excluding hydrogens is 306 g/mol. The smallest absolute Gasteiger partial charge is 0.281 e. The molecule has 1 fully saturated rings. The standard InChI is InChI=1S/C13H23N5O3S/c1-16(2)22(19,20)18-6-11(9-21-8-10-4-5-10)13-12(7-18)14-15-17(13)3/h10-11H,4-9H2,1-3H3/t11-/m1/s1. The highest BCUT2D eigenvalue weighted by atomic mass is 32.2. The molecule has 9 heteroatoms. The molecule has 1 atom stereocenters. The average Bonchev–Trinajstić information content (AvgIpc) is 3.21. The molecule has 2 aliphatic rings. The highest BCUT2D eigenvalue weighted by molar-refractivity contribution is 7.86. The van der Waals surface area contributed by atoms with E-state index in [1.807, 2.05) is 7.05 Å². The Balaban J connectivity index is 1.78. The van der Waals surface area contributed by atoms with Crippen molar-refractivity contribution in [2.75, 3.05) is 33.9 Å². The van der Waals surface area contributed by atoms with Gasteiger partial charge in [-0.2, -0.15) is 17.0 Å². The second kappa shape index (κ2) is 5.88. The zero-order chi connectivity index (χ0) is 15.9. The van der Waals surface area contributed by atoms with E-state index in [9.17, 15) is 8.42 Å². The predicted molar refractivity (Wildman–Crippen MR) is 80.3 cm³/mol. The molecule has 0 radical (unpaired) electrons. The summed E-state index contributed by atoms with van der Waals surface area (Å²) in [6.07, 6.45) is 2.48. The average molecular weight is 329 g/mol. The van der Waals surface area contributed by atoms with Crippen LogP contribution in [-0.4, -0.2) is 65.9 Å². The zero-order valence-electron chi connectivity index (χ0n) is 13.3. The van der Waals surface area contributed by atoms with Gasteiger partial charge in [-0.3, -0.25) is 4.68 Å². The molecule has 1 aliphatic carbocycles. The maximum atomic E-state index is 12.4. The van der Waals surface area contributed by atoms with Gasteiger partial charge >= 0.3 is 0 Å². The Morgan fingerprint density at radius 3 is 2.68 bits per heavy atom. The van der Waals surface area contributed by atoms with Crippen molar-refractivity contribution in [1.82, 2.24) is 23.6 Å². The Bertz CT molecular complexity index is 638. The Morgan fingerprint density at radius 1 is 1.32 bits per heavy atom. The number of rotatable bonds is 6. The zero-order valence-corrected chi connectivity index (χ0v) is 14.1. The van der Waals surface area contributed by atoms with Gasteiger partial charge in [-0.1, -0.05) is 5.21 Å². The summed E-state index contributed by atoms with van der Waals surface area (Å²) >= 11 is 0. The highest BCUT2D eigenvalue weighted by Gasteiger charge is 2.37. The summed E-state index contributed by atoms with van der Waals surface area (Å²) in [6, 6.07) is 0. The van der Waals surface area contributed by atoms with Crippen LogP contribution in [0.4, 0.5) is 0 Å². The summed E-state index contributed by atoms with van der Waals surface area (Å²) in [5.41, 5.74) is 1.71. The van der Waals surface area contributed by atoms with E-state index in [0.29, 0.717) is 19.1 Å². The van der Waals surface area contributed by atoms with Crippen LogP contribution in [0.5, 0.6) is 0 Å². The molecule has 124 valence electrons. The molecule has 2 heterocycles. The van der Waals surface area contributed by atoms with Gasteiger partial charge in [0.1, 0.15) is 5.69 Å². The molecule has 0 saturated heterocycles. The van der Waals surface area contributed by atoms with E-state index in [0.717, 1.165) is 18.0 Å². The summed E-state index contributed by atoms with van der Waals surface area (Å²) in [6.45, 7) is 1.93. The van der Waals surface area contributed by atoms with Crippen molar-refractivity contribution in [2.24, 2.45) is 13.0 Å². The molecule has 0 amide bonds. The summed E-state index contributed by atoms with van der Waals surface area (Å²) in [5, 5.41) is 8.16. The Labute approximate surface area is 131 Å². The van der Waals surface area contributed by atoms with Crippen LogP contribution >= 0.6 is 0 Å². The van der Waals surface area contributed by atoms with Gasteiger partial charge in [0.2, 0.25) is 0 Å². The van der Waals surface area contributed by atoms with Gasteiger partial charge in [0.05, 0.1) is 18.8 Å². The van der Waals surface area contributed by atoms with Crippen molar-refractivity contribution in [3.8, 4) is 0 Å². The quantitative estimate of drug-likeness (QED) is 0.731. The molecular formula is C13H23N5O3S. The van der Waals surface area contributed by atoms with Crippen LogP contribution in [0.25, 0.3) is 0 Å². The number of ether oxygens (including phenoxy) is 1. The fraction of sp³-hybridized carbons (Fsp3) is 0.846. The van der Waals surface area contributed by atoms with Crippen LogP contribution < -0.4 is 0 Å². The van der Waals surface area contributed by atoms with Crippen molar-refractivity contribution in [3.05, 3.63) is 11.4 Å². The van der Waals surface area contributed by atoms with Crippen LogP contribution in [0.2, 0.25) is 0 Å². The normalized spacial score (nSPS) is 23.0. The van der Waals surface area contributed by atoms with E-state index in [1.165, 1.54) is 21.5 Å². The first-order valence-corrected chi connectivity index (χ1v) is 8.93. The summed E-state index contributed by atoms with van der Waals surface area (Å²) in [5.74, 6) is 0.659. The van der Waals surface area contributed by atoms with E-state index in [2.05, 4.69) is 10.3 Å². The van der Waals surface area contributed by atoms with Gasteiger partial charge in [0.25, 0.3) is 10.2 Å². The minimum atomic E-state index is -3.46. The first-order chi connectivity index (χ1) is 10.4. The van der Waals surface area contributed by atoms with Crippen molar-refractivity contribution in [1.29, 1.82) is 0 Å². The van der Waals surface area contributed by atoms with E-state index in [4.69, 9.17) is 4.74 Å². The Morgan fingerprint density at radius 2 is 2.05 bits per heavy atom. The monoisotopic (exact) mass is 329 g/mol. The molecule has 0 aromatic carbocycles. The van der Waals surface area contributed by atoms with Gasteiger partial charge in [-0.25, -0.2) is 0 Å². The van der Waals surface area contributed by atoms with Gasteiger partial charge in [-0.05, 0) is 18.8 Å². The number of nitrogens with zero attached hydrogens (tertiary/aromatic N) is 5. The second-order valence-corrected chi connectivity index (χ2v) is 8.45. The molecule has 3 rings (SSSR count). The van der Waals surface area contributed by atoms with Gasteiger partial charge < -0.3 is 4.74 Å². The molecule has 22 heavy (non-hydrogen) atoms. The fourth-order valence-electron chi connectivity index (χ4n) is 2.78. The molecule has 0 unspecified atom stereocenters. The third-order valence-corrected chi connectivity index (χ3v) is 6.09. The van der Waals surface area contributed by atoms with E-state index in [-0.39, 0.29) is 12.5 Å². The van der Waals surface area contributed by atoms with Crippen molar-refractivity contribution in [3.63, 3.8) is 0 Å². The number of fused-ring (bicyclic) bond motifs is 1. The molecule has 1 aromatic rings. The molecule has 1 saturated carbocycles. The van der Waals surface area contributed by atoms with Gasteiger partial charge in [-0.15, -0.1) is 5.10 Å². The molecule has 1 aromatic heterocycles. The number of aryl methyl sites for hydroxylation is 1. The Hall–Kier alpha value is -1.03. The minimum absolute atomic E-state index is 0.0303. The third kappa shape index (κ3) is 3.03. The highest BCUT2D eigenvalue weighted by Crippen LogP contribution is 2.31. The molecule has 0 bridgehead atoms. The fourth-order valence-corrected chi connectivity index (χ4v) is 3.90. The lowest BCUT2D eigenvalue weighted by molar-refractivity contribution is 0.0991. The molecule has 0 N–H and O–H groups in total. The maximum Gasteiger partial charge on any atom is 0.281 e. The lowest BCUT2D eigenvalue weighted by Gasteiger charge is -2.32. The Kier molecular flexibility index (Phi) is 4.23. The third-order valence-electron chi connectivity index (χ3n) is 4.24. The van der Waals surface area contributed by atoms with E-state index in [1.54, 1.807) is 18.8 Å². The van der Waals surface area contributed by atoms with Crippen LogP contribution in [0, 0.1) is 5.92 Å². The largest absolute Gasteiger partial charge is 0.380 e. The lowest BCUT2D eigenvalue weighted by atomic mass is 10.0. The summed E-state index contributed by atoms with van der Waals surface area (Å²) in [7, 11) is 1.47. The lowest BCUT2D eigenvalue weighted by Crippen LogP contribution is -2.45. The number of hydrogen-bond donors (Lipinski definition) is 0. The molecule has 0 spiro atoms. The summed E-state index contributed by atoms with van der Waals surface area (Å²) in [4.78, 5) is 0.